The maximum absolute atomic E-state index is 12.3. The molecule has 2 amide bonds. The third-order valence-corrected chi connectivity index (χ3v) is 6.15. The van der Waals surface area contributed by atoms with Crippen LogP contribution < -0.4 is 10.9 Å². The highest BCUT2D eigenvalue weighted by atomic mass is 79.9. The number of carbonyl (C=O) groups is 2. The molecule has 25 heavy (non-hydrogen) atoms. The van der Waals surface area contributed by atoms with E-state index in [1.165, 1.54) is 44.6 Å². The van der Waals surface area contributed by atoms with Crippen LogP contribution in [0.4, 0.5) is 0 Å². The van der Waals surface area contributed by atoms with Crippen molar-refractivity contribution in [3.8, 4) is 0 Å². The molecule has 0 aliphatic heterocycles. The van der Waals surface area contributed by atoms with E-state index in [0.29, 0.717) is 10.2 Å². The zero-order chi connectivity index (χ0) is 18.8. The van der Waals surface area contributed by atoms with Gasteiger partial charge in [-0.25, -0.2) is 12.7 Å². The molecule has 0 saturated heterocycles. The molecule has 1 heterocycles. The molecule has 0 aliphatic carbocycles. The molecule has 2 aromatic rings. The van der Waals surface area contributed by atoms with Gasteiger partial charge in [0.1, 0.15) is 5.76 Å². The number of carbonyl (C=O) groups excluding carboxylic acids is 2. The molecule has 0 unspecified atom stereocenters. The Labute approximate surface area is 153 Å². The lowest BCUT2D eigenvalue weighted by Crippen LogP contribution is -2.41. The van der Waals surface area contributed by atoms with Gasteiger partial charge in [-0.1, -0.05) is 0 Å². The molecule has 10 heteroatoms. The molecule has 0 spiro atoms. The van der Waals surface area contributed by atoms with Gasteiger partial charge >= 0.3 is 0 Å². The minimum atomic E-state index is -3.73. The fraction of sp³-hybridized carbons (Fsp3) is 0.200. The van der Waals surface area contributed by atoms with Crippen molar-refractivity contribution in [1.29, 1.82) is 0 Å². The van der Waals surface area contributed by atoms with Crippen molar-refractivity contribution in [2.24, 2.45) is 0 Å². The van der Waals surface area contributed by atoms with Crippen LogP contribution in [0.1, 0.15) is 26.5 Å². The first-order valence-corrected chi connectivity index (χ1v) is 9.24. The van der Waals surface area contributed by atoms with Gasteiger partial charge in [0.25, 0.3) is 11.8 Å². The molecular formula is C15H16BrN3O5S. The normalized spacial score (nSPS) is 11.4. The number of sulfonamides is 1. The summed E-state index contributed by atoms with van der Waals surface area (Å²) in [5.74, 6) is -0.787. The molecule has 0 saturated carbocycles. The summed E-state index contributed by atoms with van der Waals surface area (Å²) in [6.07, 6.45) is 1.36. The van der Waals surface area contributed by atoms with Crippen LogP contribution in [0.5, 0.6) is 0 Å². The van der Waals surface area contributed by atoms with Crippen LogP contribution in [0.15, 0.2) is 44.3 Å². The first-order chi connectivity index (χ1) is 11.6. The number of halogens is 1. The van der Waals surface area contributed by atoms with Crippen molar-refractivity contribution in [3.63, 3.8) is 0 Å². The van der Waals surface area contributed by atoms with Crippen LogP contribution in [-0.2, 0) is 10.0 Å². The van der Waals surface area contributed by atoms with Gasteiger partial charge in [0.2, 0.25) is 10.0 Å². The van der Waals surface area contributed by atoms with Crippen molar-refractivity contribution in [2.45, 2.75) is 11.8 Å². The average Bonchev–Trinajstić information content (AvgIpc) is 2.98. The zero-order valence-corrected chi connectivity index (χ0v) is 16.1. The van der Waals surface area contributed by atoms with Crippen LogP contribution >= 0.6 is 15.9 Å². The number of hydrazine groups is 1. The molecule has 1 aromatic heterocycles. The van der Waals surface area contributed by atoms with Gasteiger partial charge in [-0.3, -0.25) is 20.4 Å². The molecule has 2 rings (SSSR count). The lowest BCUT2D eigenvalue weighted by molar-refractivity contribution is 0.0845. The van der Waals surface area contributed by atoms with Gasteiger partial charge in [-0.15, -0.1) is 0 Å². The molecule has 8 nitrogen and oxygen atoms in total. The monoisotopic (exact) mass is 429 g/mol. The maximum Gasteiger partial charge on any atom is 0.273 e. The highest BCUT2D eigenvalue weighted by Crippen LogP contribution is 2.25. The second-order valence-electron chi connectivity index (χ2n) is 5.23. The Bertz CT molecular complexity index is 921. The highest BCUT2D eigenvalue weighted by Gasteiger charge is 2.22. The van der Waals surface area contributed by atoms with Crippen LogP contribution in [-0.4, -0.2) is 38.6 Å². The van der Waals surface area contributed by atoms with E-state index < -0.39 is 21.8 Å². The second-order valence-corrected chi connectivity index (χ2v) is 8.21. The van der Waals surface area contributed by atoms with Crippen LogP contribution in [0.25, 0.3) is 0 Å². The SMILES string of the molecule is Cc1occc1C(=O)NNC(=O)c1ccc(Br)c(S(=O)(=O)N(C)C)c1. The van der Waals surface area contributed by atoms with Crippen molar-refractivity contribution in [1.82, 2.24) is 15.2 Å². The lowest BCUT2D eigenvalue weighted by Gasteiger charge is -2.14. The Balaban J connectivity index is 2.18. The predicted octanol–water partition coefficient (Wildman–Crippen LogP) is 1.68. The lowest BCUT2D eigenvalue weighted by atomic mass is 10.2. The Morgan fingerprint density at radius 2 is 1.76 bits per heavy atom. The number of amides is 2. The van der Waals surface area contributed by atoms with E-state index in [0.717, 1.165) is 4.31 Å². The first-order valence-electron chi connectivity index (χ1n) is 7.01. The third kappa shape index (κ3) is 4.09. The van der Waals surface area contributed by atoms with Gasteiger partial charge < -0.3 is 4.42 Å². The number of rotatable bonds is 4. The largest absolute Gasteiger partial charge is 0.469 e. The summed E-state index contributed by atoms with van der Waals surface area (Å²) in [6.45, 7) is 1.61. The Hall–Kier alpha value is -2.17. The van der Waals surface area contributed by atoms with E-state index in [9.17, 15) is 18.0 Å². The summed E-state index contributed by atoms with van der Waals surface area (Å²) in [4.78, 5) is 24.1. The van der Waals surface area contributed by atoms with E-state index in [2.05, 4.69) is 26.8 Å². The number of aryl methyl sites for hydroxylation is 1. The minimum absolute atomic E-state index is 0.0536. The van der Waals surface area contributed by atoms with Crippen LogP contribution in [0, 0.1) is 6.92 Å². The molecule has 0 atom stereocenters. The fourth-order valence-corrected chi connectivity index (χ4v) is 3.76. The number of furan rings is 1. The van der Waals surface area contributed by atoms with E-state index in [4.69, 9.17) is 4.42 Å². The van der Waals surface area contributed by atoms with E-state index in [-0.39, 0.29) is 16.0 Å². The number of hydrogen-bond acceptors (Lipinski definition) is 5. The van der Waals surface area contributed by atoms with Crippen molar-refractivity contribution < 1.29 is 22.4 Å². The minimum Gasteiger partial charge on any atom is -0.469 e. The zero-order valence-electron chi connectivity index (χ0n) is 13.7. The van der Waals surface area contributed by atoms with Crippen molar-refractivity contribution >= 4 is 37.8 Å². The Kier molecular flexibility index (Phi) is 5.65. The van der Waals surface area contributed by atoms with Gasteiger partial charge in [-0.2, -0.15) is 0 Å². The molecular weight excluding hydrogens is 414 g/mol. The number of benzene rings is 1. The third-order valence-electron chi connectivity index (χ3n) is 3.35. The highest BCUT2D eigenvalue weighted by molar-refractivity contribution is 9.10. The summed E-state index contributed by atoms with van der Waals surface area (Å²) >= 11 is 3.16. The van der Waals surface area contributed by atoms with E-state index in [1.54, 1.807) is 6.92 Å². The number of nitrogens with zero attached hydrogens (tertiary/aromatic N) is 1. The number of nitrogens with one attached hydrogen (secondary N) is 2. The van der Waals surface area contributed by atoms with Gasteiger partial charge in [0.15, 0.2) is 0 Å². The molecule has 0 fully saturated rings. The van der Waals surface area contributed by atoms with E-state index in [1.807, 2.05) is 0 Å². The van der Waals surface area contributed by atoms with Gasteiger partial charge in [0.05, 0.1) is 16.7 Å². The van der Waals surface area contributed by atoms with Crippen molar-refractivity contribution in [2.75, 3.05) is 14.1 Å². The topological polar surface area (TPSA) is 109 Å². The van der Waals surface area contributed by atoms with Crippen molar-refractivity contribution in [3.05, 3.63) is 51.9 Å². The Morgan fingerprint density at radius 1 is 1.12 bits per heavy atom. The standard InChI is InChI=1S/C15H16BrN3O5S/c1-9-11(6-7-24-9)15(21)18-17-14(20)10-4-5-12(16)13(8-10)25(22,23)19(2)3/h4-8H,1-3H3,(H,17,20)(H,18,21). The number of hydrogen-bond donors (Lipinski definition) is 2. The van der Waals surface area contributed by atoms with Gasteiger partial charge in [-0.05, 0) is 47.1 Å². The fourth-order valence-electron chi connectivity index (χ4n) is 1.91. The summed E-state index contributed by atoms with van der Waals surface area (Å²) in [7, 11) is -0.948. The summed E-state index contributed by atoms with van der Waals surface area (Å²) in [5.41, 5.74) is 4.85. The molecule has 2 N–H and O–H groups in total. The van der Waals surface area contributed by atoms with Crippen LogP contribution in [0.3, 0.4) is 0 Å². The second kappa shape index (κ2) is 7.38. The molecule has 1 aromatic carbocycles. The average molecular weight is 430 g/mol. The molecule has 0 aliphatic rings. The molecule has 0 bridgehead atoms. The summed E-state index contributed by atoms with van der Waals surface area (Å²) in [5, 5.41) is 0. The van der Waals surface area contributed by atoms with Gasteiger partial charge in [0, 0.05) is 24.1 Å². The van der Waals surface area contributed by atoms with Crippen LogP contribution in [0.2, 0.25) is 0 Å². The first kappa shape index (κ1) is 19.2. The van der Waals surface area contributed by atoms with E-state index >= 15 is 0 Å². The predicted molar refractivity (Wildman–Crippen MR) is 93.4 cm³/mol. The quantitative estimate of drug-likeness (QED) is 0.718. The summed E-state index contributed by atoms with van der Waals surface area (Å²) < 4.78 is 30.9. The molecule has 0 radical (unpaired) electrons. The smallest absolute Gasteiger partial charge is 0.273 e. The summed E-state index contributed by atoms with van der Waals surface area (Å²) in [6, 6.07) is 5.58. The maximum atomic E-state index is 12.3. The molecule has 134 valence electrons. The Morgan fingerprint density at radius 3 is 2.32 bits per heavy atom.